The third kappa shape index (κ3) is 3.18. The Morgan fingerprint density at radius 3 is 1.87 bits per heavy atom. The van der Waals surface area contributed by atoms with Gasteiger partial charge in [-0.1, -0.05) is 0 Å². The molecule has 2 aliphatic rings. The zero-order valence-corrected chi connectivity index (χ0v) is 10.5. The quantitative estimate of drug-likeness (QED) is 0.764. The van der Waals surface area contributed by atoms with Gasteiger partial charge in [-0.2, -0.15) is 0 Å². The minimum absolute atomic E-state index is 0.717. The smallest absolute Gasteiger partial charge is 0.00705 e. The fraction of sp³-hybridized carbons (Fsp3) is 1.00. The molecule has 0 aromatic carbocycles. The first kappa shape index (κ1) is 11.4. The Bertz CT molecular complexity index is 193. The summed E-state index contributed by atoms with van der Waals surface area (Å²) in [4.78, 5) is 2.45. The molecule has 1 saturated carbocycles. The van der Waals surface area contributed by atoms with E-state index in [0.717, 1.165) is 17.9 Å². The lowest BCUT2D eigenvalue weighted by Crippen LogP contribution is -2.44. The van der Waals surface area contributed by atoms with E-state index in [-0.39, 0.29) is 0 Å². The molecule has 1 N–H and O–H groups in total. The fourth-order valence-electron chi connectivity index (χ4n) is 2.81. The minimum Gasteiger partial charge on any atom is -0.311 e. The molecule has 0 bridgehead atoms. The van der Waals surface area contributed by atoms with Crippen LogP contribution in [0.1, 0.15) is 39.5 Å². The van der Waals surface area contributed by atoms with E-state index in [4.69, 9.17) is 0 Å². The molecule has 1 heterocycles. The van der Waals surface area contributed by atoms with Crippen LogP contribution in [-0.2, 0) is 0 Å². The first-order valence-corrected chi connectivity index (χ1v) is 6.61. The Morgan fingerprint density at radius 2 is 1.40 bits per heavy atom. The molecule has 0 aromatic heterocycles. The Hall–Kier alpha value is -0.0800. The van der Waals surface area contributed by atoms with Crippen molar-refractivity contribution in [3.05, 3.63) is 0 Å². The van der Waals surface area contributed by atoms with Crippen molar-refractivity contribution < 1.29 is 0 Å². The molecule has 15 heavy (non-hydrogen) atoms. The summed E-state index contributed by atoms with van der Waals surface area (Å²) >= 11 is 0. The lowest BCUT2D eigenvalue weighted by atomic mass is 9.90. The van der Waals surface area contributed by atoms with Gasteiger partial charge in [0.15, 0.2) is 0 Å². The maximum absolute atomic E-state index is 3.81. The normalized spacial score (nSPS) is 29.0. The zero-order valence-electron chi connectivity index (χ0n) is 10.5. The first-order valence-electron chi connectivity index (χ1n) is 6.61. The van der Waals surface area contributed by atoms with Crippen LogP contribution in [0.5, 0.6) is 0 Å². The van der Waals surface area contributed by atoms with Crippen LogP contribution in [0.3, 0.4) is 0 Å². The van der Waals surface area contributed by atoms with Crippen LogP contribution in [0.2, 0.25) is 0 Å². The van der Waals surface area contributed by atoms with Crippen LogP contribution >= 0.6 is 0 Å². The van der Waals surface area contributed by atoms with Gasteiger partial charge in [0.1, 0.15) is 0 Å². The second-order valence-corrected chi connectivity index (χ2v) is 5.72. The van der Waals surface area contributed by atoms with Crippen LogP contribution in [-0.4, -0.2) is 37.1 Å². The van der Waals surface area contributed by atoms with Gasteiger partial charge in [0.2, 0.25) is 0 Å². The first-order chi connectivity index (χ1) is 7.16. The highest BCUT2D eigenvalue weighted by Crippen LogP contribution is 2.33. The Kier molecular flexibility index (Phi) is 3.68. The summed E-state index contributed by atoms with van der Waals surface area (Å²) in [5, 5.41) is 3.81. The van der Waals surface area contributed by atoms with E-state index in [0.29, 0.717) is 6.04 Å². The second-order valence-electron chi connectivity index (χ2n) is 5.72. The highest BCUT2D eigenvalue weighted by atomic mass is 15.1. The Balaban J connectivity index is 1.72. The third-order valence-corrected chi connectivity index (χ3v) is 4.33. The predicted molar refractivity (Wildman–Crippen MR) is 65.0 cm³/mol. The summed E-state index contributed by atoms with van der Waals surface area (Å²) in [5.41, 5.74) is 0. The van der Waals surface area contributed by atoms with Crippen molar-refractivity contribution in [1.82, 2.24) is 10.2 Å². The summed E-state index contributed by atoms with van der Waals surface area (Å²) in [6.45, 7) is 7.32. The van der Waals surface area contributed by atoms with Crippen molar-refractivity contribution in [1.29, 1.82) is 0 Å². The topological polar surface area (TPSA) is 15.3 Å². The highest BCUT2D eigenvalue weighted by molar-refractivity contribution is 4.87. The summed E-state index contributed by atoms with van der Waals surface area (Å²) in [7, 11) is 2.24. The fourth-order valence-corrected chi connectivity index (χ4v) is 2.81. The molecular formula is C13H26N2. The predicted octanol–water partition coefficient (Wildman–Crippen LogP) is 2.10. The molecule has 2 fully saturated rings. The third-order valence-electron chi connectivity index (χ3n) is 4.33. The SMILES string of the molecule is CC(NC(C)C1CCN(C)CC1)C1CC1. The van der Waals surface area contributed by atoms with Gasteiger partial charge < -0.3 is 10.2 Å². The van der Waals surface area contributed by atoms with Gasteiger partial charge in [-0.25, -0.2) is 0 Å². The van der Waals surface area contributed by atoms with E-state index in [1.54, 1.807) is 0 Å². The highest BCUT2D eigenvalue weighted by Gasteiger charge is 2.30. The van der Waals surface area contributed by atoms with E-state index in [1.165, 1.54) is 38.8 Å². The van der Waals surface area contributed by atoms with Crippen LogP contribution in [0.4, 0.5) is 0 Å². The number of piperidine rings is 1. The standard InChI is InChI=1S/C13H26N2/c1-10(12-4-5-12)14-11(2)13-6-8-15(3)9-7-13/h10-14H,4-9H2,1-3H3. The van der Waals surface area contributed by atoms with Crippen molar-refractivity contribution in [3.8, 4) is 0 Å². The number of nitrogens with zero attached hydrogens (tertiary/aromatic N) is 1. The second kappa shape index (κ2) is 4.84. The molecule has 0 amide bonds. The number of nitrogens with one attached hydrogen (secondary N) is 1. The van der Waals surface area contributed by atoms with E-state index < -0.39 is 0 Å². The van der Waals surface area contributed by atoms with Crippen LogP contribution < -0.4 is 5.32 Å². The molecule has 88 valence electrons. The van der Waals surface area contributed by atoms with E-state index in [9.17, 15) is 0 Å². The summed E-state index contributed by atoms with van der Waals surface area (Å²) in [6.07, 6.45) is 5.66. The zero-order chi connectivity index (χ0) is 10.8. The number of rotatable bonds is 4. The maximum atomic E-state index is 3.81. The molecule has 2 atom stereocenters. The molecule has 2 unspecified atom stereocenters. The summed E-state index contributed by atoms with van der Waals surface area (Å²) in [6, 6.07) is 1.47. The van der Waals surface area contributed by atoms with Crippen molar-refractivity contribution in [2.75, 3.05) is 20.1 Å². The van der Waals surface area contributed by atoms with E-state index in [2.05, 4.69) is 31.1 Å². The molecule has 2 heteroatoms. The molecule has 0 radical (unpaired) electrons. The molecule has 1 aliphatic carbocycles. The van der Waals surface area contributed by atoms with Gasteiger partial charge in [0, 0.05) is 12.1 Å². The molecule has 1 saturated heterocycles. The number of likely N-dealkylation sites (tertiary alicyclic amines) is 1. The van der Waals surface area contributed by atoms with Crippen molar-refractivity contribution in [2.45, 2.75) is 51.6 Å². The number of hydrogen-bond acceptors (Lipinski definition) is 2. The van der Waals surface area contributed by atoms with E-state index in [1.807, 2.05) is 0 Å². The van der Waals surface area contributed by atoms with Crippen LogP contribution in [0, 0.1) is 11.8 Å². The minimum atomic E-state index is 0.717. The summed E-state index contributed by atoms with van der Waals surface area (Å²) < 4.78 is 0. The van der Waals surface area contributed by atoms with Crippen LogP contribution in [0.25, 0.3) is 0 Å². The van der Waals surface area contributed by atoms with Gasteiger partial charge in [-0.15, -0.1) is 0 Å². The van der Waals surface area contributed by atoms with Gasteiger partial charge in [-0.3, -0.25) is 0 Å². The van der Waals surface area contributed by atoms with Gasteiger partial charge in [0.05, 0.1) is 0 Å². The average molecular weight is 210 g/mol. The lowest BCUT2D eigenvalue weighted by Gasteiger charge is -2.34. The summed E-state index contributed by atoms with van der Waals surface area (Å²) in [5.74, 6) is 1.89. The van der Waals surface area contributed by atoms with Crippen molar-refractivity contribution in [3.63, 3.8) is 0 Å². The van der Waals surface area contributed by atoms with Crippen molar-refractivity contribution in [2.24, 2.45) is 11.8 Å². The Labute approximate surface area is 94.4 Å². The van der Waals surface area contributed by atoms with Crippen molar-refractivity contribution >= 4 is 0 Å². The largest absolute Gasteiger partial charge is 0.311 e. The lowest BCUT2D eigenvalue weighted by molar-refractivity contribution is 0.183. The average Bonchev–Trinajstić information content (AvgIpc) is 3.01. The molecule has 2 rings (SSSR count). The monoisotopic (exact) mass is 210 g/mol. The number of hydrogen-bond donors (Lipinski definition) is 1. The molecular weight excluding hydrogens is 184 g/mol. The maximum Gasteiger partial charge on any atom is 0.00705 e. The van der Waals surface area contributed by atoms with Gasteiger partial charge >= 0.3 is 0 Å². The van der Waals surface area contributed by atoms with E-state index >= 15 is 0 Å². The molecule has 1 aliphatic heterocycles. The molecule has 0 aromatic rings. The molecule has 2 nitrogen and oxygen atoms in total. The van der Waals surface area contributed by atoms with Gasteiger partial charge in [-0.05, 0) is 71.5 Å². The van der Waals surface area contributed by atoms with Crippen LogP contribution in [0.15, 0.2) is 0 Å². The van der Waals surface area contributed by atoms with Gasteiger partial charge in [0.25, 0.3) is 0 Å². The Morgan fingerprint density at radius 1 is 0.933 bits per heavy atom. The molecule has 0 spiro atoms.